The number of aromatic carboxylic acids is 1. The zero-order valence-corrected chi connectivity index (χ0v) is 15.4. The van der Waals surface area contributed by atoms with Gasteiger partial charge in [0, 0.05) is 19.1 Å². The summed E-state index contributed by atoms with van der Waals surface area (Å²) < 4.78 is 0. The molecule has 144 valence electrons. The highest BCUT2D eigenvalue weighted by atomic mass is 32.2. The van der Waals surface area contributed by atoms with Crippen molar-refractivity contribution in [3.63, 3.8) is 0 Å². The number of benzene rings is 1. The van der Waals surface area contributed by atoms with E-state index in [0.717, 1.165) is 16.7 Å². The van der Waals surface area contributed by atoms with Gasteiger partial charge in [0.2, 0.25) is 17.7 Å². The van der Waals surface area contributed by atoms with Crippen LogP contribution >= 0.6 is 11.8 Å². The lowest BCUT2D eigenvalue weighted by molar-refractivity contribution is -0.140. The van der Waals surface area contributed by atoms with Crippen LogP contribution in [0.1, 0.15) is 29.3 Å². The summed E-state index contributed by atoms with van der Waals surface area (Å²) in [6.07, 6.45) is -0.132. The predicted octanol–water partition coefficient (Wildman–Crippen LogP) is 0.648. The van der Waals surface area contributed by atoms with E-state index in [1.165, 1.54) is 25.1 Å². The van der Waals surface area contributed by atoms with E-state index in [1.54, 1.807) is 6.92 Å². The number of aryl methyl sites for hydroxylation is 1. The monoisotopic (exact) mass is 394 g/mol. The minimum atomic E-state index is -1.24. The number of thioether (sulfide) groups is 1. The zero-order chi connectivity index (χ0) is 20.3. The van der Waals surface area contributed by atoms with Crippen LogP contribution in [0, 0.1) is 6.92 Å². The summed E-state index contributed by atoms with van der Waals surface area (Å²) in [7, 11) is 0. The highest BCUT2D eigenvalue weighted by Gasteiger charge is 2.41. The molecule has 0 aliphatic carbocycles. The topological polar surface area (TPSA) is 141 Å². The number of aliphatic carboxylic acids is 1. The van der Waals surface area contributed by atoms with Gasteiger partial charge in [0.05, 0.1) is 16.5 Å². The maximum Gasteiger partial charge on any atom is 0.335 e. The first-order valence-electron chi connectivity index (χ1n) is 7.94. The quantitative estimate of drug-likeness (QED) is 0.572. The van der Waals surface area contributed by atoms with E-state index in [2.05, 4.69) is 5.32 Å². The van der Waals surface area contributed by atoms with Crippen molar-refractivity contribution in [2.45, 2.75) is 31.6 Å². The number of hydrogen-bond acceptors (Lipinski definition) is 6. The summed E-state index contributed by atoms with van der Waals surface area (Å²) in [5, 5.41) is 19.7. The van der Waals surface area contributed by atoms with Crippen LogP contribution in [0.4, 0.5) is 5.69 Å². The molecule has 1 fully saturated rings. The van der Waals surface area contributed by atoms with Crippen LogP contribution in [-0.2, 0) is 19.2 Å². The fraction of sp³-hybridized carbons (Fsp3) is 0.353. The number of carbonyl (C=O) groups excluding carboxylic acids is 3. The highest BCUT2D eigenvalue weighted by molar-refractivity contribution is 8.00. The van der Waals surface area contributed by atoms with Crippen molar-refractivity contribution < 1.29 is 34.2 Å². The van der Waals surface area contributed by atoms with Crippen LogP contribution in [0.15, 0.2) is 18.2 Å². The average Bonchev–Trinajstić information content (AvgIpc) is 2.85. The number of nitrogens with zero attached hydrogens (tertiary/aromatic N) is 1. The molecule has 3 amide bonds. The van der Waals surface area contributed by atoms with Gasteiger partial charge in [0.25, 0.3) is 0 Å². The minimum absolute atomic E-state index is 0.0519. The molecule has 0 saturated carbocycles. The third-order valence-corrected chi connectivity index (χ3v) is 5.24. The Hall–Kier alpha value is -2.88. The van der Waals surface area contributed by atoms with E-state index in [0.29, 0.717) is 5.56 Å². The minimum Gasteiger partial charge on any atom is -0.480 e. The molecular formula is C17H18N2O7S. The lowest BCUT2D eigenvalue weighted by Crippen LogP contribution is -2.42. The molecule has 9 nitrogen and oxygen atoms in total. The first-order chi connectivity index (χ1) is 12.6. The molecule has 0 radical (unpaired) electrons. The van der Waals surface area contributed by atoms with Gasteiger partial charge in [-0.05, 0) is 24.6 Å². The molecule has 1 aromatic carbocycles. The van der Waals surface area contributed by atoms with Gasteiger partial charge in [-0.2, -0.15) is 0 Å². The normalized spacial score (nSPS) is 17.7. The summed E-state index contributed by atoms with van der Waals surface area (Å²) in [6.45, 7) is 2.84. The molecule has 0 spiro atoms. The number of rotatable bonds is 7. The molecule has 2 unspecified atom stereocenters. The van der Waals surface area contributed by atoms with Crippen LogP contribution in [0.3, 0.4) is 0 Å². The average molecular weight is 394 g/mol. The van der Waals surface area contributed by atoms with Crippen LogP contribution in [0.5, 0.6) is 0 Å². The first-order valence-corrected chi connectivity index (χ1v) is 8.99. The van der Waals surface area contributed by atoms with Gasteiger partial charge < -0.3 is 15.5 Å². The Morgan fingerprint density at radius 1 is 1.30 bits per heavy atom. The molecule has 10 heteroatoms. The number of carbonyl (C=O) groups is 5. The van der Waals surface area contributed by atoms with Crippen LogP contribution in [-0.4, -0.2) is 56.9 Å². The fourth-order valence-electron chi connectivity index (χ4n) is 2.60. The van der Waals surface area contributed by atoms with Gasteiger partial charge in [0.15, 0.2) is 0 Å². The van der Waals surface area contributed by atoms with Crippen molar-refractivity contribution in [2.24, 2.45) is 0 Å². The Morgan fingerprint density at radius 3 is 2.52 bits per heavy atom. The highest BCUT2D eigenvalue weighted by Crippen LogP contribution is 2.32. The molecule has 27 heavy (non-hydrogen) atoms. The van der Waals surface area contributed by atoms with Gasteiger partial charge in [-0.3, -0.25) is 14.4 Å². The summed E-state index contributed by atoms with van der Waals surface area (Å²) in [4.78, 5) is 59.3. The van der Waals surface area contributed by atoms with Crippen molar-refractivity contribution >= 4 is 47.1 Å². The number of hydrogen-bond donors (Lipinski definition) is 3. The largest absolute Gasteiger partial charge is 0.480 e. The number of amides is 3. The molecule has 1 saturated heterocycles. The smallest absolute Gasteiger partial charge is 0.335 e. The van der Waals surface area contributed by atoms with Crippen molar-refractivity contribution in [1.82, 2.24) is 5.32 Å². The van der Waals surface area contributed by atoms with Gasteiger partial charge in [-0.1, -0.05) is 6.07 Å². The Morgan fingerprint density at radius 2 is 1.96 bits per heavy atom. The lowest BCUT2D eigenvalue weighted by Gasteiger charge is -2.18. The molecule has 1 aromatic rings. The second kappa shape index (κ2) is 8.21. The predicted molar refractivity (Wildman–Crippen MR) is 96.7 cm³/mol. The van der Waals surface area contributed by atoms with E-state index < -0.39 is 41.0 Å². The molecule has 2 atom stereocenters. The fourth-order valence-corrected chi connectivity index (χ4v) is 3.76. The number of nitrogens with one attached hydrogen (secondary N) is 1. The maximum atomic E-state index is 12.7. The number of anilines is 1. The molecule has 0 aromatic heterocycles. The molecular weight excluding hydrogens is 376 g/mol. The number of carboxylic acids is 2. The Balaban J connectivity index is 2.17. The number of imide groups is 1. The molecule has 1 aliphatic rings. The maximum absolute atomic E-state index is 12.7. The van der Waals surface area contributed by atoms with Crippen LogP contribution < -0.4 is 10.2 Å². The van der Waals surface area contributed by atoms with Crippen LogP contribution in [0.25, 0.3) is 0 Å². The standard InChI is InChI=1S/C17H18N2O7S/c1-8-3-4-10(16(23)24)5-12(8)19-14(21)6-13(15(19)22)27-7-11(17(25)26)18-9(2)20/h3-5,11,13H,6-7H2,1-2H3,(H,18,20)(H,23,24)(H,25,26). The second-order valence-corrected chi connectivity index (χ2v) is 7.23. The van der Waals surface area contributed by atoms with E-state index in [4.69, 9.17) is 10.2 Å². The van der Waals surface area contributed by atoms with Crippen LogP contribution in [0.2, 0.25) is 0 Å². The molecule has 1 heterocycles. The second-order valence-electron chi connectivity index (χ2n) is 5.99. The zero-order valence-electron chi connectivity index (χ0n) is 14.6. The van der Waals surface area contributed by atoms with Crippen molar-refractivity contribution in [3.05, 3.63) is 29.3 Å². The van der Waals surface area contributed by atoms with E-state index in [-0.39, 0.29) is 23.4 Å². The van der Waals surface area contributed by atoms with Crippen molar-refractivity contribution in [2.75, 3.05) is 10.7 Å². The van der Waals surface area contributed by atoms with E-state index in [1.807, 2.05) is 0 Å². The number of carboxylic acid groups (broad SMARTS) is 2. The van der Waals surface area contributed by atoms with Gasteiger partial charge >= 0.3 is 11.9 Å². The van der Waals surface area contributed by atoms with Crippen molar-refractivity contribution in [3.8, 4) is 0 Å². The first kappa shape index (κ1) is 20.4. The molecule has 3 N–H and O–H groups in total. The summed E-state index contributed by atoms with van der Waals surface area (Å²) >= 11 is 0.965. The Kier molecular flexibility index (Phi) is 6.21. The Bertz CT molecular complexity index is 823. The SMILES string of the molecule is CC(=O)NC(CSC1CC(=O)N(c2cc(C(=O)O)ccc2C)C1=O)C(=O)O. The summed E-state index contributed by atoms with van der Waals surface area (Å²) in [5.41, 5.74) is 0.711. The Labute approximate surface area is 158 Å². The lowest BCUT2D eigenvalue weighted by atomic mass is 10.1. The third kappa shape index (κ3) is 4.64. The molecule has 2 rings (SSSR count). The molecule has 0 bridgehead atoms. The van der Waals surface area contributed by atoms with E-state index in [9.17, 15) is 24.0 Å². The molecule has 1 aliphatic heterocycles. The summed E-state index contributed by atoms with van der Waals surface area (Å²) in [5.74, 6) is -4.05. The van der Waals surface area contributed by atoms with Gasteiger partial charge in [0.1, 0.15) is 6.04 Å². The van der Waals surface area contributed by atoms with E-state index >= 15 is 0 Å². The summed E-state index contributed by atoms with van der Waals surface area (Å²) in [6, 6.07) is 2.97. The van der Waals surface area contributed by atoms with Crippen molar-refractivity contribution in [1.29, 1.82) is 0 Å². The van der Waals surface area contributed by atoms with Gasteiger partial charge in [-0.25, -0.2) is 14.5 Å². The third-order valence-electron chi connectivity index (χ3n) is 3.94. The van der Waals surface area contributed by atoms with Gasteiger partial charge in [-0.15, -0.1) is 11.8 Å².